The van der Waals surface area contributed by atoms with Gasteiger partial charge in [-0.25, -0.2) is 4.39 Å². The largest absolute Gasteiger partial charge is 0.505 e. The van der Waals surface area contributed by atoms with Crippen LogP contribution in [0.4, 0.5) is 4.39 Å². The van der Waals surface area contributed by atoms with E-state index >= 15 is 0 Å². The summed E-state index contributed by atoms with van der Waals surface area (Å²) in [6.07, 6.45) is 3.25. The summed E-state index contributed by atoms with van der Waals surface area (Å²) >= 11 is 0. The highest BCUT2D eigenvalue weighted by Crippen LogP contribution is 2.56. The van der Waals surface area contributed by atoms with Crippen LogP contribution in [-0.2, 0) is 24.0 Å². The molecule has 0 radical (unpaired) electrons. The number of carbonyl (C=O) groups is 5. The van der Waals surface area contributed by atoms with Crippen molar-refractivity contribution in [2.75, 3.05) is 6.54 Å². The highest BCUT2D eigenvalue weighted by atomic mass is 19.1. The van der Waals surface area contributed by atoms with Crippen LogP contribution in [0, 0.1) is 23.6 Å². The number of para-hydroxylation sites is 1. The van der Waals surface area contributed by atoms with Crippen LogP contribution in [0.25, 0.3) is 0 Å². The van der Waals surface area contributed by atoms with E-state index in [4.69, 9.17) is 5.11 Å². The number of benzene rings is 1. The highest BCUT2D eigenvalue weighted by molar-refractivity contribution is 6.23. The number of phenolic OH excluding ortho intramolecular Hbond substituents is 1. The number of carbonyl (C=O) groups excluding carboxylic acids is 4. The summed E-state index contributed by atoms with van der Waals surface area (Å²) in [4.78, 5) is 64.9. The van der Waals surface area contributed by atoms with Crippen LogP contribution in [0.15, 0.2) is 52.6 Å². The molecule has 1 heterocycles. The summed E-state index contributed by atoms with van der Waals surface area (Å²) in [5.74, 6) is -7.06. The monoisotopic (exact) mass is 493 g/mol. The number of carboxylic acids is 1. The Morgan fingerprint density at radius 2 is 1.89 bits per heavy atom. The molecular weight excluding hydrogens is 469 g/mol. The number of carboxylic acid groups (broad SMARTS) is 1. The van der Waals surface area contributed by atoms with Crippen LogP contribution in [0.1, 0.15) is 44.1 Å². The Morgan fingerprint density at radius 3 is 2.61 bits per heavy atom. The van der Waals surface area contributed by atoms with Crippen LogP contribution >= 0.6 is 0 Å². The molecule has 3 aliphatic carbocycles. The molecule has 0 spiro atoms. The van der Waals surface area contributed by atoms with Crippen molar-refractivity contribution < 1.29 is 38.6 Å². The number of halogens is 1. The van der Waals surface area contributed by atoms with Crippen molar-refractivity contribution in [3.63, 3.8) is 0 Å². The summed E-state index contributed by atoms with van der Waals surface area (Å²) in [5, 5.41) is 19.5. The number of aromatic hydroxyl groups is 1. The zero-order valence-electron chi connectivity index (χ0n) is 19.5. The van der Waals surface area contributed by atoms with Crippen LogP contribution < -0.4 is 0 Å². The standard InChI is InChI=1S/C27H24FNO7/c1-12-10-19(30)23-17(24(12)33)11-16-13(21(23)14-4-2-5-18(28)25(14)34)7-8-15-22(16)27(36)29(26(15)35)9-3-6-20(31)32/h2,4-5,7,10,15-16,21-22,34H,3,6,8-9,11H2,1H3,(H,31,32)/t15-,16+,21+,22-/m0/s1. The first-order chi connectivity index (χ1) is 17.1. The maximum absolute atomic E-state index is 14.4. The number of fused-ring (bicyclic) bond motifs is 3. The van der Waals surface area contributed by atoms with Gasteiger partial charge in [0.25, 0.3) is 0 Å². The van der Waals surface area contributed by atoms with Gasteiger partial charge in [-0.3, -0.25) is 28.9 Å². The molecule has 2 amide bonds. The van der Waals surface area contributed by atoms with Crippen molar-refractivity contribution in [2.45, 2.75) is 38.5 Å². The Kier molecular flexibility index (Phi) is 5.73. The quantitative estimate of drug-likeness (QED) is 0.367. The van der Waals surface area contributed by atoms with Gasteiger partial charge in [0.15, 0.2) is 23.1 Å². The van der Waals surface area contributed by atoms with Gasteiger partial charge in [0.05, 0.1) is 11.8 Å². The number of rotatable bonds is 5. The number of phenols is 1. The number of allylic oxidation sites excluding steroid dienone is 6. The summed E-state index contributed by atoms with van der Waals surface area (Å²) in [5.41, 5.74) is 1.38. The van der Waals surface area contributed by atoms with E-state index in [2.05, 4.69) is 0 Å². The van der Waals surface area contributed by atoms with Crippen molar-refractivity contribution in [1.82, 2.24) is 4.90 Å². The first kappa shape index (κ1) is 23.8. The minimum absolute atomic E-state index is 0.0135. The van der Waals surface area contributed by atoms with Crippen LogP contribution in [0.2, 0.25) is 0 Å². The Labute approximate surface area is 205 Å². The fraction of sp³-hybridized carbons (Fsp3) is 0.370. The minimum Gasteiger partial charge on any atom is -0.505 e. The third-order valence-electron chi connectivity index (χ3n) is 7.75. The first-order valence-corrected chi connectivity index (χ1v) is 11.9. The van der Waals surface area contributed by atoms with E-state index in [-0.39, 0.29) is 66.2 Å². The molecule has 4 aliphatic rings. The number of hydrogen-bond acceptors (Lipinski definition) is 6. The number of nitrogens with zero attached hydrogens (tertiary/aromatic N) is 1. The van der Waals surface area contributed by atoms with Gasteiger partial charge in [-0.1, -0.05) is 23.8 Å². The van der Waals surface area contributed by atoms with Gasteiger partial charge in [-0.05, 0) is 44.2 Å². The Balaban J connectivity index is 1.60. The van der Waals surface area contributed by atoms with Crippen molar-refractivity contribution in [3.8, 4) is 5.75 Å². The molecule has 1 aliphatic heterocycles. The topological polar surface area (TPSA) is 129 Å². The van der Waals surface area contributed by atoms with Crippen LogP contribution in [-0.4, -0.2) is 51.0 Å². The fourth-order valence-corrected chi connectivity index (χ4v) is 6.18. The molecular formula is C27H24FNO7. The predicted octanol–water partition coefficient (Wildman–Crippen LogP) is 2.83. The lowest BCUT2D eigenvalue weighted by atomic mass is 9.59. The van der Waals surface area contributed by atoms with Gasteiger partial charge in [0, 0.05) is 41.2 Å². The SMILES string of the molecule is CC1=CC(=O)C2=C(C[C@@H]3C(=CC[C@@H]4C(=O)N(CCCC(=O)O)C(=O)[C@@H]43)[C@@H]2c2cccc(F)c2O)C1=O. The molecule has 9 heteroatoms. The molecule has 4 atom stereocenters. The number of likely N-dealkylation sites (tertiary alicyclic amines) is 1. The number of aliphatic carboxylic acids is 1. The van der Waals surface area contributed by atoms with Gasteiger partial charge < -0.3 is 10.2 Å². The van der Waals surface area contributed by atoms with Gasteiger partial charge in [-0.2, -0.15) is 0 Å². The molecule has 36 heavy (non-hydrogen) atoms. The van der Waals surface area contributed by atoms with Gasteiger partial charge in [-0.15, -0.1) is 0 Å². The van der Waals surface area contributed by atoms with Gasteiger partial charge >= 0.3 is 5.97 Å². The van der Waals surface area contributed by atoms with E-state index in [0.717, 1.165) is 11.0 Å². The van der Waals surface area contributed by atoms with E-state index in [1.54, 1.807) is 6.08 Å². The second-order valence-electron chi connectivity index (χ2n) is 9.73. The fourth-order valence-electron chi connectivity index (χ4n) is 6.18. The number of hydrogen-bond donors (Lipinski definition) is 2. The van der Waals surface area contributed by atoms with E-state index in [0.29, 0.717) is 5.57 Å². The second-order valence-corrected chi connectivity index (χ2v) is 9.73. The summed E-state index contributed by atoms with van der Waals surface area (Å²) in [7, 11) is 0. The number of amides is 2. The van der Waals surface area contributed by atoms with E-state index in [1.807, 2.05) is 0 Å². The van der Waals surface area contributed by atoms with E-state index in [9.17, 15) is 33.5 Å². The predicted molar refractivity (Wildman–Crippen MR) is 123 cm³/mol. The van der Waals surface area contributed by atoms with E-state index in [1.165, 1.54) is 25.1 Å². The normalized spacial score (nSPS) is 27.4. The van der Waals surface area contributed by atoms with Crippen molar-refractivity contribution in [2.24, 2.45) is 17.8 Å². The van der Waals surface area contributed by atoms with Crippen LogP contribution in [0.3, 0.4) is 0 Å². The van der Waals surface area contributed by atoms with Crippen molar-refractivity contribution in [1.29, 1.82) is 0 Å². The summed E-state index contributed by atoms with van der Waals surface area (Å²) in [6, 6.07) is 3.99. The lowest BCUT2D eigenvalue weighted by Gasteiger charge is -2.42. The first-order valence-electron chi connectivity index (χ1n) is 11.9. The molecule has 186 valence electrons. The Bertz CT molecular complexity index is 1340. The number of Topliss-reactive ketones (excluding diaryl/α,β-unsaturated/α-hetero) is 1. The molecule has 0 unspecified atom stereocenters. The zero-order chi connectivity index (χ0) is 25.9. The van der Waals surface area contributed by atoms with Crippen LogP contribution in [0.5, 0.6) is 5.75 Å². The Morgan fingerprint density at radius 1 is 1.14 bits per heavy atom. The number of ketones is 2. The molecule has 0 aromatic heterocycles. The smallest absolute Gasteiger partial charge is 0.303 e. The molecule has 1 saturated heterocycles. The molecule has 0 bridgehead atoms. The summed E-state index contributed by atoms with van der Waals surface area (Å²) < 4.78 is 14.4. The number of imide groups is 1. The second kappa shape index (κ2) is 8.65. The summed E-state index contributed by atoms with van der Waals surface area (Å²) in [6.45, 7) is 1.52. The molecule has 1 aromatic carbocycles. The molecule has 2 N–H and O–H groups in total. The average Bonchev–Trinajstić information content (AvgIpc) is 3.08. The maximum Gasteiger partial charge on any atom is 0.303 e. The highest BCUT2D eigenvalue weighted by Gasteiger charge is 2.56. The maximum atomic E-state index is 14.4. The lowest BCUT2D eigenvalue weighted by molar-refractivity contribution is -0.142. The molecule has 0 saturated carbocycles. The third-order valence-corrected chi connectivity index (χ3v) is 7.75. The van der Waals surface area contributed by atoms with Gasteiger partial charge in [0.1, 0.15) is 0 Å². The molecule has 1 fully saturated rings. The van der Waals surface area contributed by atoms with Crippen molar-refractivity contribution >= 4 is 29.4 Å². The third kappa shape index (κ3) is 3.53. The average molecular weight is 493 g/mol. The lowest BCUT2D eigenvalue weighted by Crippen LogP contribution is -2.40. The van der Waals surface area contributed by atoms with E-state index < -0.39 is 52.9 Å². The van der Waals surface area contributed by atoms with Gasteiger partial charge in [0.2, 0.25) is 11.8 Å². The Hall–Kier alpha value is -3.88. The molecule has 8 nitrogen and oxygen atoms in total. The minimum atomic E-state index is -1.02. The van der Waals surface area contributed by atoms with Crippen molar-refractivity contribution in [3.05, 3.63) is 64.0 Å². The molecule has 1 aromatic rings. The molecule has 5 rings (SSSR count). The zero-order valence-corrected chi connectivity index (χ0v) is 19.5.